The van der Waals surface area contributed by atoms with E-state index in [-0.39, 0.29) is 18.6 Å². The highest BCUT2D eigenvalue weighted by Gasteiger charge is 2.58. The van der Waals surface area contributed by atoms with Crippen molar-refractivity contribution in [1.29, 1.82) is 0 Å². The fourth-order valence-corrected chi connectivity index (χ4v) is 3.96. The van der Waals surface area contributed by atoms with E-state index in [1.54, 1.807) is 7.11 Å². The van der Waals surface area contributed by atoms with Crippen LogP contribution in [0.4, 0.5) is 4.79 Å². The molecule has 1 saturated carbocycles. The lowest BCUT2D eigenvalue weighted by atomic mass is 10.1. The van der Waals surface area contributed by atoms with Crippen molar-refractivity contribution in [2.45, 2.75) is 44.2 Å². The van der Waals surface area contributed by atoms with E-state index in [0.29, 0.717) is 6.42 Å². The lowest BCUT2D eigenvalue weighted by molar-refractivity contribution is -0.129. The monoisotopic (exact) mass is 409 g/mol. The van der Waals surface area contributed by atoms with Gasteiger partial charge in [0.2, 0.25) is 5.91 Å². The van der Waals surface area contributed by atoms with Gasteiger partial charge < -0.3 is 10.1 Å². The number of amides is 3. The quantitative estimate of drug-likeness (QED) is 0.673. The van der Waals surface area contributed by atoms with Crippen LogP contribution in [0.3, 0.4) is 0 Å². The number of ether oxygens (including phenoxy) is 1. The molecule has 0 radical (unpaired) electrons. The molecule has 2 rings (SSSR count). The van der Waals surface area contributed by atoms with E-state index in [9.17, 15) is 18.0 Å². The summed E-state index contributed by atoms with van der Waals surface area (Å²) in [5.41, 5.74) is 0.835. The van der Waals surface area contributed by atoms with Gasteiger partial charge in [0.15, 0.2) is 0 Å². The predicted molar refractivity (Wildman–Crippen MR) is 104 cm³/mol. The topological polar surface area (TPSA) is 105 Å². The van der Waals surface area contributed by atoms with Gasteiger partial charge in [0, 0.05) is 26.6 Å². The summed E-state index contributed by atoms with van der Waals surface area (Å²) in [5.74, 6) is -1.42. The van der Waals surface area contributed by atoms with Gasteiger partial charge in [-0.1, -0.05) is 37.3 Å². The van der Waals surface area contributed by atoms with Crippen LogP contribution in [0.25, 0.3) is 0 Å². The molecule has 4 unspecified atom stereocenters. The summed E-state index contributed by atoms with van der Waals surface area (Å²) < 4.78 is 31.2. The third-order valence-electron chi connectivity index (χ3n) is 5.08. The smallest absolute Gasteiger partial charge is 0.323 e. The molecule has 0 spiro atoms. The van der Waals surface area contributed by atoms with Gasteiger partial charge in [-0.25, -0.2) is 4.79 Å². The molecule has 8 nitrogen and oxygen atoms in total. The molecule has 0 aromatic heterocycles. The van der Waals surface area contributed by atoms with Crippen LogP contribution in [0.5, 0.6) is 0 Å². The number of hydrogen-bond donors (Lipinski definition) is 1. The Kier molecular flexibility index (Phi) is 8.13. The van der Waals surface area contributed by atoms with Gasteiger partial charge in [-0.3, -0.25) is 9.69 Å². The number of carbonyl (C=O) groups excluding carboxylic acids is 2. The average Bonchev–Trinajstić information content (AvgIpc) is 3.40. The van der Waals surface area contributed by atoms with Crippen LogP contribution in [0, 0.1) is 5.92 Å². The first-order valence-electron chi connectivity index (χ1n) is 9.35. The molecular formula is C19H27N3O5S. The van der Waals surface area contributed by atoms with Crippen molar-refractivity contribution in [3.05, 3.63) is 35.9 Å². The molecule has 1 N–H and O–H groups in total. The second-order valence-corrected chi connectivity index (χ2v) is 7.37. The Balaban J connectivity index is 2.17. The predicted octanol–water partition coefficient (Wildman–Crippen LogP) is 2.20. The lowest BCUT2D eigenvalue weighted by Gasteiger charge is -2.21. The molecule has 4 atom stereocenters. The number of imide groups is 1. The van der Waals surface area contributed by atoms with Gasteiger partial charge in [0.1, 0.15) is 0 Å². The Morgan fingerprint density at radius 1 is 1.29 bits per heavy atom. The third-order valence-corrected chi connectivity index (χ3v) is 5.50. The summed E-state index contributed by atoms with van der Waals surface area (Å²) in [4.78, 5) is 26.5. The van der Waals surface area contributed by atoms with Crippen molar-refractivity contribution in [1.82, 2.24) is 10.2 Å². The summed E-state index contributed by atoms with van der Waals surface area (Å²) in [6.07, 6.45) is 2.24. The van der Waals surface area contributed by atoms with Gasteiger partial charge >= 0.3 is 16.5 Å². The van der Waals surface area contributed by atoms with E-state index >= 15 is 0 Å². The molecule has 0 heterocycles. The zero-order valence-electron chi connectivity index (χ0n) is 16.4. The van der Waals surface area contributed by atoms with Crippen LogP contribution in [-0.4, -0.2) is 58.1 Å². The standard InChI is InChI=1S/C19H27N3O5S/c1-4-14(27-3)11-8-12-22(19(24)20-2)18(23)16-15(17(16)21-28(25)26)13-9-6-5-7-10-13/h5-7,9-10,14-17H,4,8,11-12H2,1-3H3,(H,20,24). The SMILES string of the molecule is CCC(CCCN(C(=O)NC)C(=O)C1C(N=S(=O)=O)C1c1ccccc1)OC. The Morgan fingerprint density at radius 2 is 1.96 bits per heavy atom. The first kappa shape index (κ1) is 22.0. The zero-order chi connectivity index (χ0) is 20.7. The number of benzene rings is 1. The molecule has 1 aromatic rings. The van der Waals surface area contributed by atoms with E-state index in [1.807, 2.05) is 37.3 Å². The summed E-state index contributed by atoms with van der Waals surface area (Å²) in [5, 5.41) is 2.49. The number of rotatable bonds is 9. The maximum Gasteiger partial charge on any atom is 0.323 e. The summed E-state index contributed by atoms with van der Waals surface area (Å²) in [6.45, 7) is 2.25. The number of nitrogens with one attached hydrogen (secondary N) is 1. The maximum absolute atomic E-state index is 13.1. The summed E-state index contributed by atoms with van der Waals surface area (Å²) in [7, 11) is 0.482. The van der Waals surface area contributed by atoms with E-state index < -0.39 is 34.4 Å². The lowest BCUT2D eigenvalue weighted by Crippen LogP contribution is -2.44. The molecule has 1 aromatic carbocycles. The number of urea groups is 1. The van der Waals surface area contributed by atoms with Crippen molar-refractivity contribution in [3.63, 3.8) is 0 Å². The second-order valence-electron chi connectivity index (χ2n) is 6.73. The molecule has 154 valence electrons. The summed E-state index contributed by atoms with van der Waals surface area (Å²) >= 11 is 0. The fourth-order valence-electron chi connectivity index (χ4n) is 3.50. The molecule has 9 heteroatoms. The minimum absolute atomic E-state index is 0.0743. The second kappa shape index (κ2) is 10.3. The minimum Gasteiger partial charge on any atom is -0.381 e. The minimum atomic E-state index is -2.62. The molecule has 28 heavy (non-hydrogen) atoms. The van der Waals surface area contributed by atoms with Crippen molar-refractivity contribution in [2.75, 3.05) is 20.7 Å². The van der Waals surface area contributed by atoms with Crippen LogP contribution in [0.15, 0.2) is 34.7 Å². The molecule has 1 fully saturated rings. The Bertz CT molecular complexity index is 800. The molecular weight excluding hydrogens is 382 g/mol. The van der Waals surface area contributed by atoms with Crippen LogP contribution in [-0.2, 0) is 20.0 Å². The van der Waals surface area contributed by atoms with Gasteiger partial charge in [-0.05, 0) is 24.8 Å². The van der Waals surface area contributed by atoms with Gasteiger partial charge in [-0.2, -0.15) is 12.8 Å². The zero-order valence-corrected chi connectivity index (χ0v) is 17.2. The van der Waals surface area contributed by atoms with Crippen LogP contribution in [0.1, 0.15) is 37.7 Å². The largest absolute Gasteiger partial charge is 0.381 e. The van der Waals surface area contributed by atoms with E-state index in [2.05, 4.69) is 9.68 Å². The number of nitrogens with zero attached hydrogens (tertiary/aromatic N) is 2. The van der Waals surface area contributed by atoms with Crippen molar-refractivity contribution in [3.8, 4) is 0 Å². The van der Waals surface area contributed by atoms with E-state index in [0.717, 1.165) is 23.3 Å². The highest BCUT2D eigenvalue weighted by molar-refractivity contribution is 7.61. The van der Waals surface area contributed by atoms with Crippen molar-refractivity contribution in [2.24, 2.45) is 10.3 Å². The van der Waals surface area contributed by atoms with Gasteiger partial charge in [-0.15, -0.1) is 0 Å². The molecule has 0 saturated heterocycles. The van der Waals surface area contributed by atoms with Gasteiger partial charge in [0.05, 0.1) is 18.1 Å². The number of hydrogen-bond acceptors (Lipinski definition) is 6. The number of carbonyl (C=O) groups is 2. The van der Waals surface area contributed by atoms with Crippen LogP contribution < -0.4 is 5.32 Å². The normalized spacial score (nSPS) is 21.5. The van der Waals surface area contributed by atoms with Crippen LogP contribution >= 0.6 is 0 Å². The van der Waals surface area contributed by atoms with Gasteiger partial charge in [0.25, 0.3) is 0 Å². The molecule has 0 bridgehead atoms. The number of methoxy groups -OCH3 is 1. The maximum atomic E-state index is 13.1. The van der Waals surface area contributed by atoms with E-state index in [1.165, 1.54) is 7.05 Å². The third kappa shape index (κ3) is 5.39. The first-order valence-corrected chi connectivity index (χ1v) is 10.4. The Hall–Kier alpha value is -2.26. The average molecular weight is 410 g/mol. The fraction of sp³-hybridized carbons (Fsp3) is 0.579. The van der Waals surface area contributed by atoms with Crippen LogP contribution in [0.2, 0.25) is 0 Å². The van der Waals surface area contributed by atoms with E-state index in [4.69, 9.17) is 4.74 Å². The highest BCUT2D eigenvalue weighted by Crippen LogP contribution is 2.51. The van der Waals surface area contributed by atoms with Crippen molar-refractivity contribution < 1.29 is 22.7 Å². The highest BCUT2D eigenvalue weighted by atomic mass is 32.2. The van der Waals surface area contributed by atoms with Crippen molar-refractivity contribution >= 4 is 22.4 Å². The Morgan fingerprint density at radius 3 is 2.50 bits per heavy atom. The molecule has 0 aliphatic heterocycles. The Labute approximate surface area is 167 Å². The first-order chi connectivity index (χ1) is 13.4. The molecule has 1 aliphatic carbocycles. The summed E-state index contributed by atoms with van der Waals surface area (Å²) in [6, 6.07) is 7.99. The molecule has 1 aliphatic rings. The molecule has 3 amide bonds.